The number of rotatable bonds is 2. The maximum absolute atomic E-state index is 12.5. The molecule has 0 saturated carbocycles. The molecule has 2 rings (SSSR count). The highest BCUT2D eigenvalue weighted by molar-refractivity contribution is 5.49. The van der Waals surface area contributed by atoms with Crippen LogP contribution in [0.25, 0.3) is 0 Å². The van der Waals surface area contributed by atoms with Crippen LogP contribution in [-0.2, 0) is 6.18 Å². The van der Waals surface area contributed by atoms with E-state index in [0.717, 1.165) is 25.6 Å². The molecule has 1 aromatic carbocycles. The molecule has 1 aliphatic heterocycles. The third-order valence-corrected chi connectivity index (χ3v) is 3.02. The Balaban J connectivity index is 2.17. The summed E-state index contributed by atoms with van der Waals surface area (Å²) in [5, 5.41) is 3.13. The molecule has 1 saturated heterocycles. The van der Waals surface area contributed by atoms with Crippen LogP contribution in [0.4, 0.5) is 18.9 Å². The molecule has 1 aromatic rings. The van der Waals surface area contributed by atoms with Gasteiger partial charge in [-0.2, -0.15) is 13.2 Å². The van der Waals surface area contributed by atoms with E-state index >= 15 is 0 Å². The van der Waals surface area contributed by atoms with Crippen LogP contribution in [0.15, 0.2) is 18.2 Å². The summed E-state index contributed by atoms with van der Waals surface area (Å²) in [4.78, 5) is 1.93. The second kappa shape index (κ2) is 4.56. The molecule has 0 unspecified atom stereocenters. The van der Waals surface area contributed by atoms with E-state index in [9.17, 15) is 13.2 Å². The van der Waals surface area contributed by atoms with Gasteiger partial charge in [-0.1, -0.05) is 6.07 Å². The Hall–Kier alpha value is -1.23. The van der Waals surface area contributed by atoms with E-state index in [-0.39, 0.29) is 0 Å². The van der Waals surface area contributed by atoms with Crippen molar-refractivity contribution in [3.05, 3.63) is 29.8 Å². The zero-order valence-corrected chi connectivity index (χ0v) is 9.51. The minimum Gasteiger partial charge on any atom is -0.369 e. The number of nitrogens with zero attached hydrogens (tertiary/aromatic N) is 1. The first kappa shape index (κ1) is 12.2. The standard InChI is InChI=1S/C12H14F3N2/c1-16-10-5-6-17(8-10)11-4-2-3-9(7-11)12(13,14)15/h2-4,10,16H,5-6,8H2,1H3/t10-/m0/s1. The largest absolute Gasteiger partial charge is 0.417 e. The molecule has 0 bridgehead atoms. The first-order valence-corrected chi connectivity index (χ1v) is 5.52. The van der Waals surface area contributed by atoms with E-state index in [0.29, 0.717) is 11.7 Å². The van der Waals surface area contributed by atoms with Gasteiger partial charge in [0.25, 0.3) is 0 Å². The van der Waals surface area contributed by atoms with Crippen LogP contribution in [0.5, 0.6) is 0 Å². The average molecular weight is 243 g/mol. The zero-order valence-electron chi connectivity index (χ0n) is 9.51. The van der Waals surface area contributed by atoms with E-state index < -0.39 is 11.7 Å². The number of anilines is 1. The van der Waals surface area contributed by atoms with Gasteiger partial charge in [-0.3, -0.25) is 0 Å². The van der Waals surface area contributed by atoms with Crippen molar-refractivity contribution in [2.45, 2.75) is 18.6 Å². The first-order chi connectivity index (χ1) is 8.00. The molecule has 1 N–H and O–H groups in total. The van der Waals surface area contributed by atoms with Gasteiger partial charge in [-0.15, -0.1) is 0 Å². The lowest BCUT2D eigenvalue weighted by Gasteiger charge is -2.19. The summed E-state index contributed by atoms with van der Waals surface area (Å²) in [6, 6.07) is 6.95. The maximum atomic E-state index is 12.5. The lowest BCUT2D eigenvalue weighted by atomic mass is 10.2. The predicted octanol–water partition coefficient (Wildman–Crippen LogP) is 2.30. The van der Waals surface area contributed by atoms with Crippen LogP contribution in [0, 0.1) is 6.07 Å². The Kier molecular flexibility index (Phi) is 3.28. The predicted molar refractivity (Wildman–Crippen MR) is 60.0 cm³/mol. The fourth-order valence-electron chi connectivity index (χ4n) is 2.02. The molecule has 1 atom stereocenters. The molecule has 0 aromatic heterocycles. The van der Waals surface area contributed by atoms with Gasteiger partial charge in [0.15, 0.2) is 0 Å². The Morgan fingerprint density at radius 2 is 2.18 bits per heavy atom. The van der Waals surface area contributed by atoms with Gasteiger partial charge in [-0.25, -0.2) is 0 Å². The number of hydrogen-bond donors (Lipinski definition) is 1. The third kappa shape index (κ3) is 2.72. The van der Waals surface area contributed by atoms with Gasteiger partial charge in [-0.05, 0) is 25.6 Å². The molecule has 0 aliphatic carbocycles. The molecule has 0 amide bonds. The molecule has 5 heteroatoms. The van der Waals surface area contributed by atoms with Gasteiger partial charge in [0.2, 0.25) is 0 Å². The molecule has 1 fully saturated rings. The lowest BCUT2D eigenvalue weighted by Crippen LogP contribution is -2.29. The smallest absolute Gasteiger partial charge is 0.369 e. The average Bonchev–Trinajstić information content (AvgIpc) is 2.76. The molecule has 1 aliphatic rings. The van der Waals surface area contributed by atoms with Gasteiger partial charge >= 0.3 is 6.18 Å². The Morgan fingerprint density at radius 1 is 1.41 bits per heavy atom. The Bertz CT molecular complexity index is 390. The molecule has 2 nitrogen and oxygen atoms in total. The fraction of sp³-hybridized carbons (Fsp3) is 0.500. The molecule has 93 valence electrons. The summed E-state index contributed by atoms with van der Waals surface area (Å²) in [6.07, 6.45) is -3.38. The van der Waals surface area contributed by atoms with Crippen LogP contribution in [0.2, 0.25) is 0 Å². The van der Waals surface area contributed by atoms with E-state index in [1.807, 2.05) is 11.9 Å². The summed E-state index contributed by atoms with van der Waals surface area (Å²) in [6.45, 7) is 1.50. The molecular formula is C12H14F3N2. The molecule has 17 heavy (non-hydrogen) atoms. The highest BCUT2D eigenvalue weighted by atomic mass is 19.4. The summed E-state index contributed by atoms with van der Waals surface area (Å²) < 4.78 is 37.6. The van der Waals surface area contributed by atoms with Crippen LogP contribution >= 0.6 is 0 Å². The minimum atomic E-state index is -4.32. The number of nitrogens with one attached hydrogen (secondary N) is 1. The third-order valence-electron chi connectivity index (χ3n) is 3.02. The fourth-order valence-corrected chi connectivity index (χ4v) is 2.02. The molecule has 1 heterocycles. The number of benzene rings is 1. The number of halogens is 3. The number of hydrogen-bond acceptors (Lipinski definition) is 2. The molecule has 0 spiro atoms. The van der Waals surface area contributed by atoms with Crippen molar-refractivity contribution in [3.63, 3.8) is 0 Å². The van der Waals surface area contributed by atoms with Crippen molar-refractivity contribution in [3.8, 4) is 0 Å². The monoisotopic (exact) mass is 243 g/mol. The summed E-state index contributed by atoms with van der Waals surface area (Å²) >= 11 is 0. The van der Waals surface area contributed by atoms with E-state index in [2.05, 4.69) is 11.4 Å². The van der Waals surface area contributed by atoms with E-state index in [1.54, 1.807) is 6.07 Å². The van der Waals surface area contributed by atoms with Crippen molar-refractivity contribution in [2.24, 2.45) is 0 Å². The van der Waals surface area contributed by atoms with E-state index in [1.165, 1.54) is 6.07 Å². The van der Waals surface area contributed by atoms with Gasteiger partial charge in [0, 0.05) is 30.9 Å². The van der Waals surface area contributed by atoms with Crippen molar-refractivity contribution >= 4 is 5.69 Å². The van der Waals surface area contributed by atoms with Crippen molar-refractivity contribution in [2.75, 3.05) is 25.0 Å². The SMILES string of the molecule is CN[C@H]1CCN(c2[c]c(C(F)(F)F)ccc2)C1. The normalized spacial score (nSPS) is 20.9. The number of likely N-dealkylation sites (N-methyl/N-ethyl adjacent to an activating group) is 1. The van der Waals surface area contributed by atoms with E-state index in [4.69, 9.17) is 0 Å². The van der Waals surface area contributed by atoms with Crippen LogP contribution in [0.3, 0.4) is 0 Å². The lowest BCUT2D eigenvalue weighted by molar-refractivity contribution is -0.137. The zero-order chi connectivity index (χ0) is 12.5. The highest BCUT2D eigenvalue weighted by Crippen LogP contribution is 2.31. The topological polar surface area (TPSA) is 15.3 Å². The highest BCUT2D eigenvalue weighted by Gasteiger charge is 2.31. The van der Waals surface area contributed by atoms with Crippen molar-refractivity contribution < 1.29 is 13.2 Å². The Morgan fingerprint density at radius 3 is 2.76 bits per heavy atom. The van der Waals surface area contributed by atoms with Gasteiger partial charge < -0.3 is 10.2 Å². The van der Waals surface area contributed by atoms with Crippen LogP contribution in [0.1, 0.15) is 12.0 Å². The summed E-state index contributed by atoms with van der Waals surface area (Å²) in [5.74, 6) is 0. The summed E-state index contributed by atoms with van der Waals surface area (Å²) in [7, 11) is 1.87. The molecular weight excluding hydrogens is 229 g/mol. The van der Waals surface area contributed by atoms with Crippen molar-refractivity contribution in [1.82, 2.24) is 5.32 Å². The second-order valence-corrected chi connectivity index (χ2v) is 4.17. The molecule has 1 radical (unpaired) electrons. The summed E-state index contributed by atoms with van der Waals surface area (Å²) in [5.41, 5.74) is -0.180. The first-order valence-electron chi connectivity index (χ1n) is 5.52. The van der Waals surface area contributed by atoms with Crippen LogP contribution in [-0.4, -0.2) is 26.2 Å². The Labute approximate surface area is 98.4 Å². The van der Waals surface area contributed by atoms with Crippen LogP contribution < -0.4 is 10.2 Å². The second-order valence-electron chi connectivity index (χ2n) is 4.17. The minimum absolute atomic E-state index is 0.345. The van der Waals surface area contributed by atoms with Gasteiger partial charge in [0.1, 0.15) is 0 Å². The van der Waals surface area contributed by atoms with Crippen molar-refractivity contribution in [1.29, 1.82) is 0 Å². The number of alkyl halides is 3. The van der Waals surface area contributed by atoms with Gasteiger partial charge in [0.05, 0.1) is 5.56 Å². The maximum Gasteiger partial charge on any atom is 0.417 e. The quantitative estimate of drug-likeness (QED) is 0.857.